The van der Waals surface area contributed by atoms with Gasteiger partial charge in [-0.25, -0.2) is 4.79 Å². The Kier molecular flexibility index (Phi) is 40.1. The molecule has 1 aromatic carbocycles. The number of likely N-dealkylation sites (N-methyl/N-ethyl adjacent to an activating group) is 1. The van der Waals surface area contributed by atoms with Crippen LogP contribution < -0.4 is 83.5 Å². The smallest absolute Gasteiger partial charge is 0.326 e. The number of imide groups is 3. The van der Waals surface area contributed by atoms with E-state index >= 15 is 14.4 Å². The highest BCUT2D eigenvalue weighted by atomic mass is 16.4. The van der Waals surface area contributed by atoms with Crippen LogP contribution in [0.4, 0.5) is 0 Å². The number of benzene rings is 1. The highest BCUT2D eigenvalue weighted by molar-refractivity contribution is 6.09. The molecule has 1 aromatic rings. The first-order valence-corrected chi connectivity index (χ1v) is 31.4. The maximum Gasteiger partial charge on any atom is 0.326 e. The molecule has 0 unspecified atom stereocenters. The number of aromatic hydroxyl groups is 1. The van der Waals surface area contributed by atoms with Gasteiger partial charge in [-0.1, -0.05) is 12.1 Å². The monoisotopic (exact) mass is 1330 g/mol. The maximum absolute atomic E-state index is 15.6. The minimum atomic E-state index is -1.97. The average Bonchev–Trinajstić information content (AvgIpc) is 0.796. The maximum atomic E-state index is 15.6. The average molecular weight is 1330 g/mol. The molecule has 94 heavy (non-hydrogen) atoms. The molecule has 0 fully saturated rings. The number of carbonyl (C=O) groups is 13. The number of nitrogens with two attached hydrogens (primary N) is 9. The molecule has 0 aromatic heterocycles. The number of aliphatic imine (C=N–C) groups is 2. The van der Waals surface area contributed by atoms with E-state index in [-0.39, 0.29) is 160 Å². The van der Waals surface area contributed by atoms with Gasteiger partial charge in [0.15, 0.2) is 11.9 Å². The SMILES string of the molecule is CN[C@@H](Cc1ccc(O)cc1)C(=O)NCC(=O)N[C@@H](CCCN=C(N)N)C(=O)N[C@@H](CCCCN)C(=O)N(C(C)=O)[C@@H](CCCCN)C(=O)N(C(C)=O)[C@@H](CCCCN)C(=O)N(C(C)=O)[C@@H](CCCCN)C(=O)N[C@@H](CCCN=C(N)N)C(=O)N[C@@H](CCC(N)=O)C(=O)O. The Balaban J connectivity index is 4.11. The molecular weight excluding hydrogens is 1230 g/mol. The first kappa shape index (κ1) is 83.1. The largest absolute Gasteiger partial charge is 0.508 e. The number of hydrogen-bond acceptors (Lipinski definition) is 21. The number of nitrogens with one attached hydrogen (secondary N) is 6. The topological polar surface area (TPSA) is 603 Å². The van der Waals surface area contributed by atoms with E-state index in [1.807, 2.05) is 0 Å². The molecule has 0 bridgehead atoms. The molecule has 0 aliphatic rings. The van der Waals surface area contributed by atoms with Gasteiger partial charge in [-0.05, 0) is 166 Å². The van der Waals surface area contributed by atoms with Crippen LogP contribution in [0.5, 0.6) is 5.75 Å². The van der Waals surface area contributed by atoms with Crippen LogP contribution in [0.25, 0.3) is 0 Å². The number of rotatable bonds is 47. The van der Waals surface area contributed by atoms with Crippen molar-refractivity contribution in [2.45, 2.75) is 191 Å². The van der Waals surface area contributed by atoms with Crippen LogP contribution in [0.2, 0.25) is 0 Å². The molecule has 0 heterocycles. The number of guanidine groups is 2. The summed E-state index contributed by atoms with van der Waals surface area (Å²) in [4.78, 5) is 192. The number of primary amides is 1. The van der Waals surface area contributed by atoms with Crippen LogP contribution in [0.3, 0.4) is 0 Å². The lowest BCUT2D eigenvalue weighted by Crippen LogP contribution is -2.64. The van der Waals surface area contributed by atoms with Crippen LogP contribution in [-0.2, 0) is 68.7 Å². The van der Waals surface area contributed by atoms with E-state index in [1.54, 1.807) is 12.1 Å². The Morgan fingerprint density at radius 1 is 0.457 bits per heavy atom. The predicted octanol–water partition coefficient (Wildman–Crippen LogP) is -5.22. The first-order valence-electron chi connectivity index (χ1n) is 31.4. The van der Waals surface area contributed by atoms with E-state index in [0.717, 1.165) is 20.8 Å². The van der Waals surface area contributed by atoms with Gasteiger partial charge in [0.2, 0.25) is 53.2 Å². The Hall–Kier alpha value is -8.93. The number of hydrogen-bond donors (Lipinski definition) is 17. The number of phenolic OH excluding ortho intramolecular Hbond substituents is 1. The van der Waals surface area contributed by atoms with Gasteiger partial charge >= 0.3 is 5.97 Å². The Bertz CT molecular complexity index is 2730. The van der Waals surface area contributed by atoms with E-state index in [9.17, 15) is 58.2 Å². The molecule has 8 atom stereocenters. The van der Waals surface area contributed by atoms with Crippen molar-refractivity contribution < 1.29 is 72.5 Å². The molecule has 0 aliphatic carbocycles. The number of carboxylic acid groups (broad SMARTS) is 1. The first-order chi connectivity index (χ1) is 44.5. The Labute approximate surface area is 547 Å². The lowest BCUT2D eigenvalue weighted by Gasteiger charge is -2.39. The lowest BCUT2D eigenvalue weighted by molar-refractivity contribution is -0.165. The van der Waals surface area contributed by atoms with Gasteiger partial charge in [0.25, 0.3) is 17.7 Å². The van der Waals surface area contributed by atoms with Crippen molar-refractivity contribution in [3.8, 4) is 5.75 Å². The molecule has 0 saturated heterocycles. The summed E-state index contributed by atoms with van der Waals surface area (Å²) in [6, 6.07) is -6.80. The second-order valence-electron chi connectivity index (χ2n) is 22.3. The molecule has 35 heteroatoms. The van der Waals surface area contributed by atoms with Gasteiger partial charge in [0, 0.05) is 40.3 Å². The van der Waals surface area contributed by atoms with Crippen molar-refractivity contribution in [3.05, 3.63) is 29.8 Å². The fraction of sp³-hybridized carbons (Fsp3) is 0.644. The van der Waals surface area contributed by atoms with Crippen LogP contribution in [0.1, 0.15) is 142 Å². The van der Waals surface area contributed by atoms with E-state index in [4.69, 9.17) is 51.6 Å². The summed E-state index contributed by atoms with van der Waals surface area (Å²) in [6.45, 7) is 2.36. The predicted molar refractivity (Wildman–Crippen MR) is 347 cm³/mol. The van der Waals surface area contributed by atoms with Crippen molar-refractivity contribution >= 4 is 88.8 Å². The fourth-order valence-electron chi connectivity index (χ4n) is 10.0. The molecule has 528 valence electrons. The zero-order valence-corrected chi connectivity index (χ0v) is 54.4. The van der Waals surface area contributed by atoms with Crippen molar-refractivity contribution in [3.63, 3.8) is 0 Å². The minimum Gasteiger partial charge on any atom is -0.508 e. The third kappa shape index (κ3) is 30.7. The third-order valence-electron chi connectivity index (χ3n) is 14.8. The molecule has 12 amide bonds. The van der Waals surface area contributed by atoms with Crippen LogP contribution >= 0.6 is 0 Å². The van der Waals surface area contributed by atoms with Crippen LogP contribution in [0, 0.1) is 0 Å². The highest BCUT2D eigenvalue weighted by Crippen LogP contribution is 2.24. The van der Waals surface area contributed by atoms with Crippen molar-refractivity contribution in [1.82, 2.24) is 46.6 Å². The zero-order valence-electron chi connectivity index (χ0n) is 54.4. The van der Waals surface area contributed by atoms with E-state index < -0.39 is 151 Å². The van der Waals surface area contributed by atoms with E-state index in [0.29, 0.717) is 20.3 Å². The summed E-state index contributed by atoms with van der Waals surface area (Å²) < 4.78 is 0. The van der Waals surface area contributed by atoms with Crippen LogP contribution in [0.15, 0.2) is 34.3 Å². The molecule has 1 rings (SSSR count). The molecule has 0 saturated carbocycles. The number of nitrogens with zero attached hydrogens (tertiary/aromatic N) is 5. The Morgan fingerprint density at radius 3 is 1.27 bits per heavy atom. The fourth-order valence-corrected chi connectivity index (χ4v) is 10.0. The van der Waals surface area contributed by atoms with E-state index in [2.05, 4.69) is 41.9 Å². The Morgan fingerprint density at radius 2 is 0.851 bits per heavy atom. The van der Waals surface area contributed by atoms with Gasteiger partial charge in [-0.15, -0.1) is 0 Å². The second kappa shape index (κ2) is 45.4. The molecular formula is C59H102N20O15. The van der Waals surface area contributed by atoms with Crippen molar-refractivity contribution in [2.24, 2.45) is 61.6 Å². The van der Waals surface area contributed by atoms with Crippen molar-refractivity contribution in [2.75, 3.05) is 52.9 Å². The van der Waals surface area contributed by atoms with Gasteiger partial charge in [-0.3, -0.25) is 82.2 Å². The summed E-state index contributed by atoms with van der Waals surface area (Å²) in [5.74, 6) is -14.6. The summed E-state index contributed by atoms with van der Waals surface area (Å²) in [6.07, 6.45) is -1.19. The minimum absolute atomic E-state index is 0.000720. The van der Waals surface area contributed by atoms with E-state index in [1.165, 1.54) is 19.2 Å². The summed E-state index contributed by atoms with van der Waals surface area (Å²) in [7, 11) is 1.53. The zero-order chi connectivity index (χ0) is 71.0. The number of phenols is 1. The standard InChI is InChI=1S/C59H102N20O15/c1-35(80)77(45(18-6-10-28-61)53(89)74-41(17-14-32-71-59(67)68)52(88)76-43(57(93)94)25-26-48(64)84)55(91)47(20-8-12-30-63)79(37(3)82)56(92)46(19-7-11-29-62)78(36(2)81)54(90)42(15-5-9-27-60)75-51(87)40(16-13-31-70-58(65)66)73-49(85)34-72-50(86)44(69-4)33-38-21-23-39(83)24-22-38/h21-24,40-47,69,83H,5-20,25-34,60-63H2,1-4H3,(H2,64,84)(H,72,86)(H,73,85)(H,74,89)(H,75,87)(H,76,88)(H,93,94)(H4,65,66,70)(H4,67,68,71)/t40-,41-,42-,43-,44-,45-,46-,47-/m0/s1. The molecule has 0 aliphatic heterocycles. The molecule has 0 radical (unpaired) electrons. The highest BCUT2D eigenvalue weighted by Gasteiger charge is 2.46. The van der Waals surface area contributed by atoms with Gasteiger partial charge in [0.1, 0.15) is 48.0 Å². The molecule has 0 spiro atoms. The number of unbranched alkanes of at least 4 members (excludes halogenated alkanes) is 4. The van der Waals surface area contributed by atoms with Crippen molar-refractivity contribution in [1.29, 1.82) is 0 Å². The lowest BCUT2D eigenvalue weighted by atomic mass is 9.98. The third-order valence-corrected chi connectivity index (χ3v) is 14.8. The quantitative estimate of drug-likeness (QED) is 0.0165. The van der Waals surface area contributed by atoms with Gasteiger partial charge < -0.3 is 93.7 Å². The summed E-state index contributed by atoms with van der Waals surface area (Å²) in [5.41, 5.74) is 51.4. The van der Waals surface area contributed by atoms with Gasteiger partial charge in [-0.2, -0.15) is 0 Å². The second-order valence-corrected chi connectivity index (χ2v) is 22.3. The normalized spacial score (nSPS) is 13.5. The molecule has 35 nitrogen and oxygen atoms in total. The molecule has 26 N–H and O–H groups in total. The van der Waals surface area contributed by atoms with Gasteiger partial charge in [0.05, 0.1) is 12.6 Å². The number of carboxylic acids is 1. The van der Waals surface area contributed by atoms with Crippen LogP contribution in [-0.4, -0.2) is 215 Å². The number of carbonyl (C=O) groups excluding carboxylic acids is 12. The number of amides is 12. The number of aliphatic carboxylic acids is 1. The summed E-state index contributed by atoms with van der Waals surface area (Å²) in [5, 5.41) is 35.0. The summed E-state index contributed by atoms with van der Waals surface area (Å²) >= 11 is 0.